The van der Waals surface area contributed by atoms with Crippen LogP contribution in [0.1, 0.15) is 72.5 Å². The molecule has 1 fully saturated rings. The predicted octanol–water partition coefficient (Wildman–Crippen LogP) is 3.26. The molecule has 2 aromatic rings. The van der Waals surface area contributed by atoms with Gasteiger partial charge in [0.15, 0.2) is 5.69 Å². The lowest BCUT2D eigenvalue weighted by Crippen LogP contribution is -2.65. The zero-order chi connectivity index (χ0) is 25.0. The van der Waals surface area contributed by atoms with Crippen LogP contribution in [0.2, 0.25) is 0 Å². The van der Waals surface area contributed by atoms with E-state index in [-0.39, 0.29) is 36.0 Å². The first-order valence-corrected chi connectivity index (χ1v) is 13.7. The molecule has 0 spiro atoms. The van der Waals surface area contributed by atoms with E-state index in [1.54, 1.807) is 29.7 Å². The zero-order valence-corrected chi connectivity index (χ0v) is 21.6. The monoisotopic (exact) mass is 497 g/mol. The minimum absolute atomic E-state index is 0.147. The first kappa shape index (κ1) is 25.3. The van der Waals surface area contributed by atoms with E-state index in [1.165, 1.54) is 9.58 Å². The summed E-state index contributed by atoms with van der Waals surface area (Å²) in [6, 6.07) is 9.96. The molecule has 8 nitrogen and oxygen atoms in total. The van der Waals surface area contributed by atoms with Gasteiger partial charge in [-0.2, -0.15) is 5.10 Å². The van der Waals surface area contributed by atoms with Crippen LogP contribution in [0.3, 0.4) is 0 Å². The summed E-state index contributed by atoms with van der Waals surface area (Å²) in [7, 11) is 0. The van der Waals surface area contributed by atoms with Crippen molar-refractivity contribution in [3.05, 3.63) is 47.3 Å². The Bertz CT molecular complexity index is 1080. The Hall–Kier alpha value is -2.81. The lowest BCUT2D eigenvalue weighted by Gasteiger charge is -2.43. The van der Waals surface area contributed by atoms with Crippen molar-refractivity contribution in [3.63, 3.8) is 0 Å². The Kier molecular flexibility index (Phi) is 7.84. The van der Waals surface area contributed by atoms with Crippen molar-refractivity contribution in [1.29, 1.82) is 0 Å². The molecule has 9 heteroatoms. The quantitative estimate of drug-likeness (QED) is 0.519. The highest BCUT2D eigenvalue weighted by molar-refractivity contribution is 7.98. The van der Waals surface area contributed by atoms with Crippen molar-refractivity contribution in [2.45, 2.75) is 75.4 Å². The van der Waals surface area contributed by atoms with Gasteiger partial charge >= 0.3 is 0 Å². The number of aromatic nitrogens is 2. The molecule has 0 saturated heterocycles. The van der Waals surface area contributed by atoms with Gasteiger partial charge in [-0.25, -0.2) is 0 Å². The molecule has 1 aliphatic carbocycles. The summed E-state index contributed by atoms with van der Waals surface area (Å²) in [6.07, 6.45) is 7.66. The van der Waals surface area contributed by atoms with Crippen LogP contribution in [-0.4, -0.2) is 63.3 Å². The summed E-state index contributed by atoms with van der Waals surface area (Å²) in [5, 5.41) is 10.5. The smallest absolute Gasteiger partial charge is 0.273 e. The molecule has 1 atom stereocenters. The highest BCUT2D eigenvalue weighted by Crippen LogP contribution is 2.29. The van der Waals surface area contributed by atoms with E-state index in [0.717, 1.165) is 37.7 Å². The fourth-order valence-electron chi connectivity index (χ4n) is 4.94. The van der Waals surface area contributed by atoms with Crippen LogP contribution in [-0.2, 0) is 17.8 Å². The van der Waals surface area contributed by atoms with Gasteiger partial charge in [-0.1, -0.05) is 31.9 Å². The van der Waals surface area contributed by atoms with Gasteiger partial charge in [0.25, 0.3) is 11.8 Å². The minimum Gasteiger partial charge on any atom is -0.351 e. The number of hydrogen-bond acceptors (Lipinski definition) is 5. The number of carbonyl (C=O) groups is 3. The van der Waals surface area contributed by atoms with Crippen LogP contribution in [0, 0.1) is 0 Å². The molecule has 2 N–H and O–H groups in total. The number of rotatable bonds is 9. The third kappa shape index (κ3) is 5.39. The number of fused-ring (bicyclic) bond motifs is 1. The fourth-order valence-corrected chi connectivity index (χ4v) is 5.35. The van der Waals surface area contributed by atoms with Crippen molar-refractivity contribution in [2.75, 3.05) is 19.3 Å². The fraction of sp³-hybridized carbons (Fsp3) is 0.538. The molecule has 35 heavy (non-hydrogen) atoms. The van der Waals surface area contributed by atoms with Crippen molar-refractivity contribution in [3.8, 4) is 0 Å². The minimum atomic E-state index is -1.05. The van der Waals surface area contributed by atoms with E-state index < -0.39 is 5.54 Å². The molecule has 2 heterocycles. The normalized spacial score (nSPS) is 20.1. The maximum Gasteiger partial charge on any atom is 0.273 e. The molecule has 2 aliphatic rings. The molecule has 3 amide bonds. The van der Waals surface area contributed by atoms with E-state index in [1.807, 2.05) is 13.2 Å². The summed E-state index contributed by atoms with van der Waals surface area (Å²) < 4.78 is 1.53. The van der Waals surface area contributed by atoms with Gasteiger partial charge in [0.1, 0.15) is 11.2 Å². The van der Waals surface area contributed by atoms with Gasteiger partial charge in [-0.05, 0) is 56.6 Å². The molecular formula is C26H35N5O3S. The molecule has 1 aromatic heterocycles. The zero-order valence-electron chi connectivity index (χ0n) is 20.8. The highest BCUT2D eigenvalue weighted by atomic mass is 32.2. The summed E-state index contributed by atoms with van der Waals surface area (Å²) in [5.74, 6) is -0.729. The van der Waals surface area contributed by atoms with E-state index in [4.69, 9.17) is 0 Å². The molecule has 1 saturated carbocycles. The van der Waals surface area contributed by atoms with Gasteiger partial charge in [0, 0.05) is 30.1 Å². The average molecular weight is 498 g/mol. The van der Waals surface area contributed by atoms with E-state index >= 15 is 0 Å². The number of nitrogens with zero attached hydrogens (tertiary/aromatic N) is 3. The maximum absolute atomic E-state index is 13.4. The topological polar surface area (TPSA) is 96.3 Å². The summed E-state index contributed by atoms with van der Waals surface area (Å²) in [6.45, 7) is 4.95. The lowest BCUT2D eigenvalue weighted by atomic mass is 9.94. The lowest BCUT2D eigenvalue weighted by molar-refractivity contribution is -0.133. The summed E-state index contributed by atoms with van der Waals surface area (Å²) in [5.41, 5.74) is 0.637. The largest absolute Gasteiger partial charge is 0.351 e. The molecular weight excluding hydrogens is 462 g/mol. The van der Waals surface area contributed by atoms with Crippen LogP contribution in [0.5, 0.6) is 0 Å². The van der Waals surface area contributed by atoms with Crippen molar-refractivity contribution < 1.29 is 14.4 Å². The SMILES string of the molecule is CCCN1C(=O)c2cc(C(=O)NCCc3ccc(SC)cc3)nn2CC1(C)C(=O)NC1CCCC1. The Morgan fingerprint density at radius 3 is 2.57 bits per heavy atom. The van der Waals surface area contributed by atoms with Gasteiger partial charge < -0.3 is 15.5 Å². The first-order valence-electron chi connectivity index (χ1n) is 12.5. The highest BCUT2D eigenvalue weighted by Gasteiger charge is 2.48. The van der Waals surface area contributed by atoms with Gasteiger partial charge in [0.2, 0.25) is 5.91 Å². The molecule has 188 valence electrons. The van der Waals surface area contributed by atoms with E-state index in [0.29, 0.717) is 25.2 Å². The molecule has 1 unspecified atom stereocenters. The van der Waals surface area contributed by atoms with Crippen molar-refractivity contribution in [2.24, 2.45) is 0 Å². The molecule has 1 aromatic carbocycles. The van der Waals surface area contributed by atoms with Crippen LogP contribution < -0.4 is 10.6 Å². The van der Waals surface area contributed by atoms with Crippen LogP contribution in [0.25, 0.3) is 0 Å². The number of hydrogen-bond donors (Lipinski definition) is 2. The van der Waals surface area contributed by atoms with Gasteiger partial charge in [-0.3, -0.25) is 19.1 Å². The number of thioether (sulfide) groups is 1. The number of amides is 3. The van der Waals surface area contributed by atoms with Gasteiger partial charge in [0.05, 0.1) is 6.54 Å². The maximum atomic E-state index is 13.4. The van der Waals surface area contributed by atoms with Crippen molar-refractivity contribution >= 4 is 29.5 Å². The van der Waals surface area contributed by atoms with Crippen LogP contribution >= 0.6 is 11.8 Å². The number of carbonyl (C=O) groups excluding carboxylic acids is 3. The number of nitrogens with one attached hydrogen (secondary N) is 2. The Morgan fingerprint density at radius 1 is 1.20 bits per heavy atom. The Morgan fingerprint density at radius 2 is 1.91 bits per heavy atom. The first-order chi connectivity index (χ1) is 16.9. The molecule has 0 bridgehead atoms. The standard InChI is InChI=1S/C26H35N5O3S/c1-4-15-30-24(33)22-16-21(23(32)27-14-13-18-9-11-20(35-3)12-10-18)29-31(22)17-26(30,2)25(34)28-19-7-5-6-8-19/h9-12,16,19H,4-8,13-15,17H2,1-3H3,(H,27,32)(H,28,34). The second-order valence-corrected chi connectivity index (χ2v) is 10.5. The molecule has 0 radical (unpaired) electrons. The van der Waals surface area contributed by atoms with Crippen LogP contribution in [0.4, 0.5) is 0 Å². The number of benzene rings is 1. The Labute approximate surface area is 211 Å². The summed E-state index contributed by atoms with van der Waals surface area (Å²) >= 11 is 1.69. The third-order valence-electron chi connectivity index (χ3n) is 7.02. The van der Waals surface area contributed by atoms with Gasteiger partial charge in [-0.15, -0.1) is 11.8 Å². The van der Waals surface area contributed by atoms with Crippen molar-refractivity contribution in [1.82, 2.24) is 25.3 Å². The molecule has 4 rings (SSSR count). The van der Waals surface area contributed by atoms with Crippen LogP contribution in [0.15, 0.2) is 35.2 Å². The average Bonchev–Trinajstić information content (AvgIpc) is 3.52. The third-order valence-corrected chi connectivity index (χ3v) is 7.76. The Balaban J connectivity index is 1.45. The summed E-state index contributed by atoms with van der Waals surface area (Å²) in [4.78, 5) is 42.4. The second-order valence-electron chi connectivity index (χ2n) is 9.61. The predicted molar refractivity (Wildman–Crippen MR) is 137 cm³/mol. The molecule has 1 aliphatic heterocycles. The van der Waals surface area contributed by atoms with E-state index in [2.05, 4.69) is 40.0 Å². The second kappa shape index (κ2) is 10.8. The van der Waals surface area contributed by atoms with E-state index in [9.17, 15) is 14.4 Å².